The van der Waals surface area contributed by atoms with E-state index >= 15 is 0 Å². The molecule has 21 heavy (non-hydrogen) atoms. The highest BCUT2D eigenvalue weighted by atomic mass is 16.2. The molecule has 3 rings (SSSR count). The lowest BCUT2D eigenvalue weighted by molar-refractivity contribution is -0.136. The van der Waals surface area contributed by atoms with Gasteiger partial charge in [-0.25, -0.2) is 9.69 Å². The number of aryl methyl sites for hydroxylation is 1. The minimum absolute atomic E-state index is 0.0325. The average molecular weight is 287 g/mol. The van der Waals surface area contributed by atoms with Crippen LogP contribution in [0.5, 0.6) is 0 Å². The van der Waals surface area contributed by atoms with Crippen molar-refractivity contribution in [3.63, 3.8) is 0 Å². The first-order valence-electron chi connectivity index (χ1n) is 7.19. The van der Waals surface area contributed by atoms with Gasteiger partial charge in [-0.3, -0.25) is 19.9 Å². The summed E-state index contributed by atoms with van der Waals surface area (Å²) in [7, 11) is 0. The topological polar surface area (TPSA) is 79.4 Å². The fourth-order valence-corrected chi connectivity index (χ4v) is 3.21. The molecule has 110 valence electrons. The largest absolute Gasteiger partial charge is 0.335 e. The molecular weight excluding hydrogens is 270 g/mol. The van der Waals surface area contributed by atoms with Crippen molar-refractivity contribution in [3.05, 3.63) is 24.0 Å². The number of pyridine rings is 1. The van der Waals surface area contributed by atoms with E-state index < -0.39 is 23.8 Å². The highest BCUT2D eigenvalue weighted by molar-refractivity contribution is 6.28. The normalized spacial score (nSPS) is 23.6. The molecule has 2 aliphatic rings. The predicted molar refractivity (Wildman–Crippen MR) is 75.4 cm³/mol. The van der Waals surface area contributed by atoms with Crippen molar-refractivity contribution >= 4 is 23.5 Å². The number of urea groups is 1. The number of hydrogen-bond donors (Lipinski definition) is 1. The number of barbiturate groups is 1. The second kappa shape index (κ2) is 5.27. The van der Waals surface area contributed by atoms with Crippen LogP contribution in [0, 0.1) is 18.8 Å². The first kappa shape index (κ1) is 13.7. The summed E-state index contributed by atoms with van der Waals surface area (Å²) in [6.07, 6.45) is 6.86. The van der Waals surface area contributed by atoms with Crippen LogP contribution in [-0.4, -0.2) is 22.8 Å². The van der Waals surface area contributed by atoms with E-state index in [1.165, 1.54) is 6.20 Å². The molecular formula is C15H17N3O3. The molecule has 4 amide bonds. The van der Waals surface area contributed by atoms with Crippen molar-refractivity contribution in [1.82, 2.24) is 10.3 Å². The molecule has 1 atom stereocenters. The van der Waals surface area contributed by atoms with Crippen molar-refractivity contribution in [2.45, 2.75) is 32.6 Å². The van der Waals surface area contributed by atoms with E-state index in [1.807, 2.05) is 0 Å². The number of imide groups is 2. The summed E-state index contributed by atoms with van der Waals surface area (Å²) in [6.45, 7) is 1.80. The van der Waals surface area contributed by atoms with Crippen LogP contribution in [-0.2, 0) is 9.59 Å². The third kappa shape index (κ3) is 2.30. The van der Waals surface area contributed by atoms with Crippen molar-refractivity contribution in [3.8, 4) is 0 Å². The van der Waals surface area contributed by atoms with E-state index in [0.29, 0.717) is 5.69 Å². The van der Waals surface area contributed by atoms with Gasteiger partial charge in [0.05, 0.1) is 11.9 Å². The summed E-state index contributed by atoms with van der Waals surface area (Å²) in [4.78, 5) is 41.9. The van der Waals surface area contributed by atoms with Gasteiger partial charge in [0, 0.05) is 6.20 Å². The Morgan fingerprint density at radius 2 is 1.95 bits per heavy atom. The number of carbonyl (C=O) groups is 3. The first-order valence-corrected chi connectivity index (χ1v) is 7.19. The fourth-order valence-electron chi connectivity index (χ4n) is 3.21. The second-order valence-corrected chi connectivity index (χ2v) is 5.65. The molecule has 1 aromatic rings. The maximum absolute atomic E-state index is 12.7. The highest BCUT2D eigenvalue weighted by Crippen LogP contribution is 2.35. The average Bonchev–Trinajstić information content (AvgIpc) is 2.94. The van der Waals surface area contributed by atoms with Crippen LogP contribution in [0.4, 0.5) is 10.5 Å². The van der Waals surface area contributed by atoms with Gasteiger partial charge in [-0.1, -0.05) is 12.8 Å². The Bertz CT molecular complexity index is 608. The van der Waals surface area contributed by atoms with Crippen LogP contribution < -0.4 is 10.2 Å². The zero-order valence-corrected chi connectivity index (χ0v) is 11.8. The number of nitrogens with one attached hydrogen (secondary N) is 1. The number of nitrogens with zero attached hydrogens (tertiary/aromatic N) is 2. The summed E-state index contributed by atoms with van der Waals surface area (Å²) in [5, 5.41) is 2.31. The van der Waals surface area contributed by atoms with Crippen LogP contribution in [0.15, 0.2) is 18.5 Å². The molecule has 0 radical (unpaired) electrons. The molecule has 1 aliphatic carbocycles. The summed E-state index contributed by atoms with van der Waals surface area (Å²) in [5.41, 5.74) is 1.21. The van der Waals surface area contributed by atoms with E-state index in [0.717, 1.165) is 36.1 Å². The van der Waals surface area contributed by atoms with Crippen LogP contribution >= 0.6 is 0 Å². The molecule has 2 heterocycles. The van der Waals surface area contributed by atoms with Crippen LogP contribution in [0.25, 0.3) is 0 Å². The van der Waals surface area contributed by atoms with Gasteiger partial charge in [-0.05, 0) is 37.3 Å². The van der Waals surface area contributed by atoms with Gasteiger partial charge < -0.3 is 0 Å². The van der Waals surface area contributed by atoms with Gasteiger partial charge in [-0.15, -0.1) is 0 Å². The molecule has 0 spiro atoms. The Morgan fingerprint density at radius 3 is 2.62 bits per heavy atom. The van der Waals surface area contributed by atoms with Gasteiger partial charge >= 0.3 is 6.03 Å². The maximum atomic E-state index is 12.7. The Balaban J connectivity index is 1.96. The van der Waals surface area contributed by atoms with E-state index in [9.17, 15) is 14.4 Å². The van der Waals surface area contributed by atoms with Crippen LogP contribution in [0.1, 0.15) is 31.2 Å². The molecule has 6 nitrogen and oxygen atoms in total. The zero-order valence-electron chi connectivity index (χ0n) is 11.8. The molecule has 0 bridgehead atoms. The lowest BCUT2D eigenvalue weighted by atomic mass is 9.87. The second-order valence-electron chi connectivity index (χ2n) is 5.65. The standard InChI is InChI=1S/C15H17N3O3/c1-9-6-7-16-8-11(9)18-14(20)12(10-4-2-3-5-10)13(19)17-15(18)21/h6-8,10,12H,2-5H2,1H3,(H,17,19,21). The summed E-state index contributed by atoms with van der Waals surface area (Å²) < 4.78 is 0. The smallest absolute Gasteiger partial charge is 0.277 e. The maximum Gasteiger partial charge on any atom is 0.335 e. The third-order valence-corrected chi connectivity index (χ3v) is 4.33. The molecule has 1 unspecified atom stereocenters. The molecule has 1 N–H and O–H groups in total. The highest BCUT2D eigenvalue weighted by Gasteiger charge is 2.46. The number of carbonyl (C=O) groups excluding carboxylic acids is 3. The Hall–Kier alpha value is -2.24. The third-order valence-electron chi connectivity index (χ3n) is 4.33. The number of rotatable bonds is 2. The zero-order chi connectivity index (χ0) is 15.0. The van der Waals surface area contributed by atoms with Crippen LogP contribution in [0.3, 0.4) is 0 Å². The van der Waals surface area contributed by atoms with Crippen molar-refractivity contribution in [2.75, 3.05) is 4.90 Å². The SMILES string of the molecule is Cc1ccncc1N1C(=O)NC(=O)C(C2CCCC2)C1=O. The van der Waals surface area contributed by atoms with Gasteiger partial charge in [-0.2, -0.15) is 0 Å². The summed E-state index contributed by atoms with van der Waals surface area (Å²) >= 11 is 0. The lowest BCUT2D eigenvalue weighted by Crippen LogP contribution is -2.60. The Morgan fingerprint density at radius 1 is 1.24 bits per heavy atom. The van der Waals surface area contributed by atoms with Gasteiger partial charge in [0.15, 0.2) is 0 Å². The van der Waals surface area contributed by atoms with E-state index in [-0.39, 0.29) is 5.92 Å². The first-order chi connectivity index (χ1) is 10.1. The van der Waals surface area contributed by atoms with Gasteiger partial charge in [0.1, 0.15) is 5.92 Å². The van der Waals surface area contributed by atoms with Crippen LogP contribution in [0.2, 0.25) is 0 Å². The Labute approximate surface area is 122 Å². The lowest BCUT2D eigenvalue weighted by Gasteiger charge is -2.33. The summed E-state index contributed by atoms with van der Waals surface area (Å²) in [6, 6.07) is 1.05. The quantitative estimate of drug-likeness (QED) is 0.841. The molecule has 1 saturated heterocycles. The van der Waals surface area contributed by atoms with E-state index in [1.54, 1.807) is 19.2 Å². The Kier molecular flexibility index (Phi) is 3.45. The molecule has 1 aromatic heterocycles. The van der Waals surface area contributed by atoms with Crippen molar-refractivity contribution in [1.29, 1.82) is 0 Å². The predicted octanol–water partition coefficient (Wildman–Crippen LogP) is 1.78. The minimum atomic E-state index is -0.759. The molecule has 1 aliphatic heterocycles. The number of hydrogen-bond acceptors (Lipinski definition) is 4. The number of amides is 4. The molecule has 2 fully saturated rings. The van der Waals surface area contributed by atoms with Gasteiger partial charge in [0.25, 0.3) is 0 Å². The molecule has 6 heteroatoms. The monoisotopic (exact) mass is 287 g/mol. The molecule has 1 saturated carbocycles. The minimum Gasteiger partial charge on any atom is -0.277 e. The summed E-state index contributed by atoms with van der Waals surface area (Å²) in [5.74, 6) is -1.61. The number of aromatic nitrogens is 1. The van der Waals surface area contributed by atoms with E-state index in [4.69, 9.17) is 0 Å². The van der Waals surface area contributed by atoms with E-state index in [2.05, 4.69) is 10.3 Å². The molecule has 0 aromatic carbocycles. The number of anilines is 1. The van der Waals surface area contributed by atoms with Crippen molar-refractivity contribution in [2.24, 2.45) is 11.8 Å². The fraction of sp³-hybridized carbons (Fsp3) is 0.467. The van der Waals surface area contributed by atoms with Crippen molar-refractivity contribution < 1.29 is 14.4 Å². The van der Waals surface area contributed by atoms with Gasteiger partial charge in [0.2, 0.25) is 11.8 Å².